The lowest BCUT2D eigenvalue weighted by Gasteiger charge is -2.29. The lowest BCUT2D eigenvalue weighted by Crippen LogP contribution is -2.47. The standard InChI is InChI=1S/C14H17N3O2/c1-16-11-7-8-12(17(9-11)14(16)19)13(18)15-10-5-3-2-4-6-10/h2-6,11-12H,7-9H2,1H3,(H,15,18)/t11-,12+/m1/s1. The predicted octanol–water partition coefficient (Wildman–Crippen LogP) is 1.52. The molecule has 5 nitrogen and oxygen atoms in total. The number of para-hydroxylation sites is 1. The second-order valence-electron chi connectivity index (χ2n) is 5.15. The van der Waals surface area contributed by atoms with Gasteiger partial charge < -0.3 is 15.1 Å². The zero-order valence-corrected chi connectivity index (χ0v) is 10.9. The molecular weight excluding hydrogens is 242 g/mol. The molecular formula is C14H17N3O2. The fourth-order valence-corrected chi connectivity index (χ4v) is 2.86. The maximum absolute atomic E-state index is 12.3. The van der Waals surface area contributed by atoms with Crippen molar-refractivity contribution in [2.45, 2.75) is 24.9 Å². The summed E-state index contributed by atoms with van der Waals surface area (Å²) in [5, 5.41) is 2.88. The SMILES string of the molecule is CN1C(=O)N2C[C@H]1CC[C@H]2C(=O)Nc1ccccc1. The van der Waals surface area contributed by atoms with Gasteiger partial charge in [0.05, 0.1) is 6.04 Å². The van der Waals surface area contributed by atoms with Gasteiger partial charge in [0.15, 0.2) is 0 Å². The van der Waals surface area contributed by atoms with Gasteiger partial charge >= 0.3 is 6.03 Å². The molecule has 0 aliphatic carbocycles. The number of nitrogens with zero attached hydrogens (tertiary/aromatic N) is 2. The van der Waals surface area contributed by atoms with E-state index in [2.05, 4.69) is 5.32 Å². The summed E-state index contributed by atoms with van der Waals surface area (Å²) in [5.74, 6) is -0.0895. The van der Waals surface area contributed by atoms with Crippen molar-refractivity contribution >= 4 is 17.6 Å². The van der Waals surface area contributed by atoms with E-state index in [1.807, 2.05) is 37.4 Å². The van der Waals surface area contributed by atoms with Gasteiger partial charge in [0.2, 0.25) is 5.91 Å². The largest absolute Gasteiger partial charge is 0.324 e. The number of rotatable bonds is 2. The lowest BCUT2D eigenvalue weighted by atomic mass is 10.00. The summed E-state index contributed by atoms with van der Waals surface area (Å²) in [6.45, 7) is 0.669. The van der Waals surface area contributed by atoms with Crippen molar-refractivity contribution < 1.29 is 9.59 Å². The molecule has 1 aromatic rings. The number of piperidine rings is 1. The van der Waals surface area contributed by atoms with E-state index in [0.717, 1.165) is 18.5 Å². The number of carbonyl (C=O) groups is 2. The van der Waals surface area contributed by atoms with E-state index >= 15 is 0 Å². The summed E-state index contributed by atoms with van der Waals surface area (Å²) in [6.07, 6.45) is 1.63. The molecule has 1 aromatic carbocycles. The van der Waals surface area contributed by atoms with Crippen molar-refractivity contribution in [3.63, 3.8) is 0 Å². The molecule has 2 fully saturated rings. The third kappa shape index (κ3) is 2.05. The third-order valence-electron chi connectivity index (χ3n) is 4.00. The minimum absolute atomic E-state index is 0.0317. The maximum atomic E-state index is 12.3. The van der Waals surface area contributed by atoms with Gasteiger partial charge in [-0.25, -0.2) is 4.79 Å². The minimum atomic E-state index is -0.339. The number of nitrogens with one attached hydrogen (secondary N) is 1. The van der Waals surface area contributed by atoms with Crippen LogP contribution < -0.4 is 5.32 Å². The number of anilines is 1. The molecule has 3 amide bonds. The number of likely N-dealkylation sites (N-methyl/N-ethyl adjacent to an activating group) is 1. The van der Waals surface area contributed by atoms with Crippen molar-refractivity contribution in [2.75, 3.05) is 18.9 Å². The number of hydrogen-bond donors (Lipinski definition) is 1. The van der Waals surface area contributed by atoms with Crippen LogP contribution in [0.1, 0.15) is 12.8 Å². The van der Waals surface area contributed by atoms with Crippen molar-refractivity contribution in [3.8, 4) is 0 Å². The molecule has 0 radical (unpaired) electrons. The van der Waals surface area contributed by atoms with Crippen LogP contribution >= 0.6 is 0 Å². The molecule has 2 heterocycles. The van der Waals surface area contributed by atoms with Crippen molar-refractivity contribution in [2.24, 2.45) is 0 Å². The summed E-state index contributed by atoms with van der Waals surface area (Å²) in [5.41, 5.74) is 0.773. The normalized spacial score (nSPS) is 25.6. The van der Waals surface area contributed by atoms with Gasteiger partial charge in [0.25, 0.3) is 0 Å². The first-order valence-electron chi connectivity index (χ1n) is 6.56. The van der Waals surface area contributed by atoms with Gasteiger partial charge in [0, 0.05) is 19.3 Å². The highest BCUT2D eigenvalue weighted by Crippen LogP contribution is 2.29. The zero-order chi connectivity index (χ0) is 13.4. The van der Waals surface area contributed by atoms with Crippen LogP contribution in [-0.2, 0) is 4.79 Å². The van der Waals surface area contributed by atoms with Crippen LogP contribution in [0, 0.1) is 0 Å². The Kier molecular flexibility index (Phi) is 2.89. The molecule has 2 saturated heterocycles. The Morgan fingerprint density at radius 1 is 1.26 bits per heavy atom. The maximum Gasteiger partial charge on any atom is 0.320 e. The third-order valence-corrected chi connectivity index (χ3v) is 4.00. The van der Waals surface area contributed by atoms with Crippen LogP contribution in [0.25, 0.3) is 0 Å². The Labute approximate surface area is 112 Å². The number of benzene rings is 1. The summed E-state index contributed by atoms with van der Waals surface area (Å²) in [6, 6.07) is 9.25. The van der Waals surface area contributed by atoms with Crippen molar-refractivity contribution in [1.29, 1.82) is 0 Å². The van der Waals surface area contributed by atoms with E-state index < -0.39 is 0 Å². The highest BCUT2D eigenvalue weighted by atomic mass is 16.2. The first-order valence-corrected chi connectivity index (χ1v) is 6.56. The monoisotopic (exact) mass is 259 g/mol. The molecule has 2 aliphatic rings. The van der Waals surface area contributed by atoms with Crippen LogP contribution in [0.15, 0.2) is 30.3 Å². The molecule has 1 N–H and O–H groups in total. The van der Waals surface area contributed by atoms with Crippen LogP contribution in [0.4, 0.5) is 10.5 Å². The molecule has 2 bridgehead atoms. The van der Waals surface area contributed by atoms with Gasteiger partial charge in [-0.2, -0.15) is 0 Å². The molecule has 2 aliphatic heterocycles. The summed E-state index contributed by atoms with van der Waals surface area (Å²) in [4.78, 5) is 27.7. The van der Waals surface area contributed by atoms with Gasteiger partial charge in [-0.15, -0.1) is 0 Å². The Balaban J connectivity index is 1.73. The van der Waals surface area contributed by atoms with E-state index in [0.29, 0.717) is 6.54 Å². The topological polar surface area (TPSA) is 52.7 Å². The molecule has 100 valence electrons. The molecule has 5 heteroatoms. The Morgan fingerprint density at radius 3 is 2.74 bits per heavy atom. The zero-order valence-electron chi connectivity index (χ0n) is 10.9. The van der Waals surface area contributed by atoms with E-state index in [4.69, 9.17) is 0 Å². The van der Waals surface area contributed by atoms with Gasteiger partial charge in [-0.1, -0.05) is 18.2 Å². The predicted molar refractivity (Wildman–Crippen MR) is 71.7 cm³/mol. The molecule has 0 unspecified atom stereocenters. The highest BCUT2D eigenvalue weighted by molar-refractivity contribution is 5.97. The van der Waals surface area contributed by atoms with Gasteiger partial charge in [-0.3, -0.25) is 4.79 Å². The summed E-state index contributed by atoms with van der Waals surface area (Å²) >= 11 is 0. The number of fused-ring (bicyclic) bond motifs is 2. The number of hydrogen-bond acceptors (Lipinski definition) is 2. The van der Waals surface area contributed by atoms with E-state index in [9.17, 15) is 9.59 Å². The van der Waals surface area contributed by atoms with Crippen LogP contribution in [0.5, 0.6) is 0 Å². The molecule has 0 spiro atoms. The van der Waals surface area contributed by atoms with Crippen molar-refractivity contribution in [3.05, 3.63) is 30.3 Å². The fourth-order valence-electron chi connectivity index (χ4n) is 2.86. The second kappa shape index (κ2) is 4.57. The Hall–Kier alpha value is -2.04. The first-order chi connectivity index (χ1) is 9.16. The molecule has 0 aromatic heterocycles. The van der Waals surface area contributed by atoms with Crippen LogP contribution in [-0.4, -0.2) is 47.4 Å². The fraction of sp³-hybridized carbons (Fsp3) is 0.429. The van der Waals surface area contributed by atoms with Crippen molar-refractivity contribution in [1.82, 2.24) is 9.80 Å². The highest BCUT2D eigenvalue weighted by Gasteiger charge is 2.45. The molecule has 2 atom stereocenters. The van der Waals surface area contributed by atoms with E-state index in [-0.39, 0.29) is 24.0 Å². The van der Waals surface area contributed by atoms with E-state index in [1.165, 1.54) is 0 Å². The summed E-state index contributed by atoms with van der Waals surface area (Å²) in [7, 11) is 1.81. The molecule has 19 heavy (non-hydrogen) atoms. The smallest absolute Gasteiger partial charge is 0.320 e. The summed E-state index contributed by atoms with van der Waals surface area (Å²) < 4.78 is 0. The number of urea groups is 1. The van der Waals surface area contributed by atoms with Gasteiger partial charge in [0.1, 0.15) is 6.04 Å². The van der Waals surface area contributed by atoms with Crippen LogP contribution in [0.2, 0.25) is 0 Å². The number of amides is 3. The minimum Gasteiger partial charge on any atom is -0.324 e. The van der Waals surface area contributed by atoms with E-state index in [1.54, 1.807) is 9.80 Å². The molecule has 0 saturated carbocycles. The second-order valence-corrected chi connectivity index (χ2v) is 5.15. The quantitative estimate of drug-likeness (QED) is 0.875. The Morgan fingerprint density at radius 2 is 2.00 bits per heavy atom. The Bertz CT molecular complexity index is 503. The number of carbonyl (C=O) groups excluding carboxylic acids is 2. The molecule has 3 rings (SSSR count). The average Bonchev–Trinajstić information content (AvgIpc) is 2.65. The first kappa shape index (κ1) is 12.0. The van der Waals surface area contributed by atoms with Gasteiger partial charge in [-0.05, 0) is 25.0 Å². The average molecular weight is 259 g/mol. The lowest BCUT2D eigenvalue weighted by molar-refractivity contribution is -0.120. The van der Waals surface area contributed by atoms with Crippen LogP contribution in [0.3, 0.4) is 0 Å².